The predicted molar refractivity (Wildman–Crippen MR) is 221 cm³/mol. The van der Waals surface area contributed by atoms with Crippen LogP contribution < -0.4 is 5.32 Å². The lowest BCUT2D eigenvalue weighted by Gasteiger charge is -2.22. The predicted octanol–water partition coefficient (Wildman–Crippen LogP) is 14.2. The second-order valence-corrected chi connectivity index (χ2v) is 15.8. The molecule has 298 valence electrons. The number of unbranched alkanes of at least 4 members (excludes halogenated alkanes) is 33. The number of aliphatic hydroxyl groups excluding tert-OH is 2. The molecule has 4 heteroatoms. The Morgan fingerprint density at radius 1 is 0.460 bits per heavy atom. The molecule has 0 aromatic heterocycles. The van der Waals surface area contributed by atoms with Gasteiger partial charge in [-0.3, -0.25) is 4.79 Å². The Morgan fingerprint density at radius 2 is 0.760 bits per heavy atom. The van der Waals surface area contributed by atoms with Gasteiger partial charge in [-0.15, -0.1) is 0 Å². The van der Waals surface area contributed by atoms with Crippen molar-refractivity contribution in [2.45, 2.75) is 270 Å². The van der Waals surface area contributed by atoms with Crippen LogP contribution in [0.25, 0.3) is 0 Å². The third-order valence-electron chi connectivity index (χ3n) is 10.8. The number of carbonyl (C=O) groups is 1. The lowest BCUT2D eigenvalue weighted by atomic mass is 10.0. The van der Waals surface area contributed by atoms with Gasteiger partial charge in [-0.2, -0.15) is 0 Å². The topological polar surface area (TPSA) is 69.6 Å². The van der Waals surface area contributed by atoms with Gasteiger partial charge in [-0.1, -0.05) is 225 Å². The number of hydrogen-bond donors (Lipinski definition) is 3. The van der Waals surface area contributed by atoms with Crippen LogP contribution in [0.3, 0.4) is 0 Å². The molecule has 3 N–H and O–H groups in total. The molecule has 0 radical (unpaired) electrons. The lowest BCUT2D eigenvalue weighted by molar-refractivity contribution is -0.123. The highest BCUT2D eigenvalue weighted by molar-refractivity contribution is 5.76. The molecular weight excluding hydrogens is 615 g/mol. The molecule has 0 spiro atoms. The average molecular weight is 706 g/mol. The fourth-order valence-corrected chi connectivity index (χ4v) is 7.24. The zero-order chi connectivity index (χ0) is 36.4. The molecule has 0 aliphatic rings. The van der Waals surface area contributed by atoms with Crippen molar-refractivity contribution in [1.82, 2.24) is 5.32 Å². The second-order valence-electron chi connectivity index (χ2n) is 15.8. The largest absolute Gasteiger partial charge is 0.394 e. The average Bonchev–Trinajstić information content (AvgIpc) is 3.12. The second kappa shape index (κ2) is 42.5. The van der Waals surface area contributed by atoms with Crippen molar-refractivity contribution in [3.05, 3.63) is 12.2 Å². The van der Waals surface area contributed by atoms with Crippen molar-refractivity contribution < 1.29 is 15.0 Å². The minimum absolute atomic E-state index is 0.0361. The number of rotatable bonds is 42. The zero-order valence-electron chi connectivity index (χ0n) is 34.2. The SMILES string of the molecule is CCCCCCCCCCC/C=C/CCCC[C@@H](O)[C@H](CO)NC(=O)CCCCCCCCCCCCCCCCCCCCCCCCC. The quantitative estimate of drug-likeness (QED) is 0.0437. The first-order chi connectivity index (χ1) is 24.7. The minimum atomic E-state index is -0.677. The Kier molecular flexibility index (Phi) is 41.8. The van der Waals surface area contributed by atoms with Crippen molar-refractivity contribution in [1.29, 1.82) is 0 Å². The van der Waals surface area contributed by atoms with E-state index in [1.54, 1.807) is 0 Å². The van der Waals surface area contributed by atoms with E-state index in [-0.39, 0.29) is 12.5 Å². The Balaban J connectivity index is 3.47. The minimum Gasteiger partial charge on any atom is -0.394 e. The first-order valence-corrected chi connectivity index (χ1v) is 22.9. The van der Waals surface area contributed by atoms with E-state index in [1.807, 2.05) is 0 Å². The Hall–Kier alpha value is -0.870. The van der Waals surface area contributed by atoms with Gasteiger partial charge in [0.05, 0.1) is 18.8 Å². The highest BCUT2D eigenvalue weighted by Gasteiger charge is 2.19. The molecule has 0 rings (SSSR count). The van der Waals surface area contributed by atoms with Crippen LogP contribution in [0.5, 0.6) is 0 Å². The molecule has 0 saturated carbocycles. The molecule has 4 nitrogen and oxygen atoms in total. The van der Waals surface area contributed by atoms with Crippen molar-refractivity contribution in [3.8, 4) is 0 Å². The van der Waals surface area contributed by atoms with Crippen LogP contribution in [0.2, 0.25) is 0 Å². The summed E-state index contributed by atoms with van der Waals surface area (Å²) in [6.45, 7) is 4.36. The summed E-state index contributed by atoms with van der Waals surface area (Å²) in [4.78, 5) is 12.4. The van der Waals surface area contributed by atoms with E-state index in [4.69, 9.17) is 0 Å². The maximum Gasteiger partial charge on any atom is 0.220 e. The third kappa shape index (κ3) is 38.4. The van der Waals surface area contributed by atoms with Crippen LogP contribution >= 0.6 is 0 Å². The Bertz CT molecular complexity index is 680. The summed E-state index contributed by atoms with van der Waals surface area (Å²) in [7, 11) is 0. The summed E-state index contributed by atoms with van der Waals surface area (Å²) in [6, 6.07) is -0.547. The molecule has 50 heavy (non-hydrogen) atoms. The molecular formula is C46H91NO3. The number of aliphatic hydroxyl groups is 2. The maximum atomic E-state index is 12.4. The van der Waals surface area contributed by atoms with Crippen molar-refractivity contribution >= 4 is 5.91 Å². The van der Waals surface area contributed by atoms with Crippen molar-refractivity contribution in [2.75, 3.05) is 6.61 Å². The van der Waals surface area contributed by atoms with E-state index in [0.717, 1.165) is 32.1 Å². The molecule has 0 bridgehead atoms. The van der Waals surface area contributed by atoms with Crippen molar-refractivity contribution in [3.63, 3.8) is 0 Å². The van der Waals surface area contributed by atoms with Gasteiger partial charge in [-0.25, -0.2) is 0 Å². The number of allylic oxidation sites excluding steroid dienone is 2. The van der Waals surface area contributed by atoms with Crippen LogP contribution in [0, 0.1) is 0 Å². The molecule has 0 aliphatic heterocycles. The van der Waals surface area contributed by atoms with Crippen molar-refractivity contribution in [2.24, 2.45) is 0 Å². The van der Waals surface area contributed by atoms with Gasteiger partial charge in [0, 0.05) is 6.42 Å². The molecule has 0 aromatic carbocycles. The number of carbonyl (C=O) groups excluding carboxylic acids is 1. The summed E-state index contributed by atoms with van der Waals surface area (Å²) in [5.74, 6) is -0.0361. The number of hydrogen-bond acceptors (Lipinski definition) is 3. The molecule has 1 amide bonds. The Morgan fingerprint density at radius 3 is 1.10 bits per heavy atom. The van der Waals surface area contributed by atoms with Crippen LogP contribution in [-0.2, 0) is 4.79 Å². The summed E-state index contributed by atoms with van der Waals surface area (Å²) < 4.78 is 0. The van der Waals surface area contributed by atoms with Gasteiger partial charge in [0.25, 0.3) is 0 Å². The first kappa shape index (κ1) is 49.1. The van der Waals surface area contributed by atoms with Gasteiger partial charge in [-0.05, 0) is 38.5 Å². The summed E-state index contributed by atoms with van der Waals surface area (Å²) in [5.41, 5.74) is 0. The van der Waals surface area contributed by atoms with Crippen LogP contribution in [0.1, 0.15) is 258 Å². The lowest BCUT2D eigenvalue weighted by Crippen LogP contribution is -2.45. The summed E-state index contributed by atoms with van der Waals surface area (Å²) >= 11 is 0. The zero-order valence-corrected chi connectivity index (χ0v) is 34.2. The highest BCUT2D eigenvalue weighted by atomic mass is 16.3. The van der Waals surface area contributed by atoms with E-state index in [2.05, 4.69) is 31.3 Å². The fraction of sp³-hybridized carbons (Fsp3) is 0.935. The standard InChI is InChI=1S/C46H91NO3/c1-3-5-7-9-11-13-15-17-19-20-21-22-23-24-25-26-28-30-32-34-36-38-40-42-46(50)47-44(43-48)45(49)41-39-37-35-33-31-29-27-18-16-14-12-10-8-6-4-2/h31,33,44-45,48-49H,3-30,32,34-43H2,1-2H3,(H,47,50)/b33-31+/t44-,45+/m0/s1. The van der Waals surface area contributed by atoms with Gasteiger partial charge in [0.15, 0.2) is 0 Å². The van der Waals surface area contributed by atoms with Crippen LogP contribution in [-0.4, -0.2) is 34.9 Å². The van der Waals surface area contributed by atoms with Gasteiger partial charge in [0.1, 0.15) is 0 Å². The maximum absolute atomic E-state index is 12.4. The number of amides is 1. The van der Waals surface area contributed by atoms with Gasteiger partial charge in [0.2, 0.25) is 5.91 Å². The summed E-state index contributed by atoms with van der Waals surface area (Å²) in [6.07, 6.45) is 53.0. The molecule has 0 aliphatic carbocycles. The van der Waals surface area contributed by atoms with E-state index in [1.165, 1.54) is 199 Å². The van der Waals surface area contributed by atoms with Gasteiger partial charge >= 0.3 is 0 Å². The van der Waals surface area contributed by atoms with E-state index in [0.29, 0.717) is 12.8 Å². The van der Waals surface area contributed by atoms with E-state index < -0.39 is 12.1 Å². The number of nitrogens with one attached hydrogen (secondary N) is 1. The fourth-order valence-electron chi connectivity index (χ4n) is 7.24. The summed E-state index contributed by atoms with van der Waals surface area (Å²) in [5, 5.41) is 23.1. The molecule has 0 fully saturated rings. The molecule has 0 aromatic rings. The molecule has 0 heterocycles. The first-order valence-electron chi connectivity index (χ1n) is 22.9. The third-order valence-corrected chi connectivity index (χ3v) is 10.8. The Labute approximate surface area is 314 Å². The monoisotopic (exact) mass is 706 g/mol. The molecule has 0 unspecified atom stereocenters. The van der Waals surface area contributed by atoms with Gasteiger partial charge < -0.3 is 15.5 Å². The normalized spacial score (nSPS) is 13.0. The smallest absolute Gasteiger partial charge is 0.220 e. The molecule has 2 atom stereocenters. The van der Waals surface area contributed by atoms with E-state index >= 15 is 0 Å². The van der Waals surface area contributed by atoms with Crippen LogP contribution in [0.4, 0.5) is 0 Å². The molecule has 0 saturated heterocycles. The van der Waals surface area contributed by atoms with Crippen LogP contribution in [0.15, 0.2) is 12.2 Å². The highest BCUT2D eigenvalue weighted by Crippen LogP contribution is 2.16. The van der Waals surface area contributed by atoms with E-state index in [9.17, 15) is 15.0 Å².